The summed E-state index contributed by atoms with van der Waals surface area (Å²) in [5.74, 6) is 1.21. The van der Waals surface area contributed by atoms with Crippen LogP contribution in [0.4, 0.5) is 0 Å². The normalized spacial score (nSPS) is 20.2. The molecule has 7 nitrogen and oxygen atoms in total. The Morgan fingerprint density at radius 1 is 1.28 bits per heavy atom. The van der Waals surface area contributed by atoms with Crippen LogP contribution < -0.4 is 11.1 Å². The lowest BCUT2D eigenvalue weighted by atomic mass is 9.95. The summed E-state index contributed by atoms with van der Waals surface area (Å²) in [7, 11) is 0. The minimum Gasteiger partial charge on any atom is -0.370 e. The van der Waals surface area contributed by atoms with Crippen molar-refractivity contribution in [3.05, 3.63) is 35.4 Å². The Hall–Kier alpha value is -2.57. The van der Waals surface area contributed by atoms with Crippen LogP contribution in [0.1, 0.15) is 50.2 Å². The highest BCUT2D eigenvalue weighted by molar-refractivity contribution is 5.80. The van der Waals surface area contributed by atoms with Gasteiger partial charge in [0.15, 0.2) is 5.96 Å². The highest BCUT2D eigenvalue weighted by Gasteiger charge is 2.23. The molecule has 2 amide bonds. The second kappa shape index (κ2) is 10.3. The molecule has 29 heavy (non-hydrogen) atoms. The van der Waals surface area contributed by atoms with Gasteiger partial charge in [-0.1, -0.05) is 24.3 Å². The number of carbonyl (C=O) groups excluding carboxylic acids is 2. The molecule has 3 rings (SSSR count). The number of aliphatic imine (C=N–C) groups is 1. The van der Waals surface area contributed by atoms with Gasteiger partial charge in [0.05, 0.1) is 6.54 Å². The van der Waals surface area contributed by atoms with Crippen LogP contribution in [0.3, 0.4) is 0 Å². The second-order valence-corrected chi connectivity index (χ2v) is 8.03. The molecule has 7 heteroatoms. The Morgan fingerprint density at radius 2 is 2.10 bits per heavy atom. The molecule has 1 atom stereocenters. The molecule has 1 aromatic rings. The molecule has 2 heterocycles. The number of amides is 2. The van der Waals surface area contributed by atoms with Crippen LogP contribution in [0.2, 0.25) is 0 Å². The van der Waals surface area contributed by atoms with Gasteiger partial charge < -0.3 is 20.9 Å². The topological polar surface area (TPSA) is 91.0 Å². The number of piperidine rings is 1. The summed E-state index contributed by atoms with van der Waals surface area (Å²) < 4.78 is 0. The number of benzene rings is 1. The zero-order valence-electron chi connectivity index (χ0n) is 17.4. The summed E-state index contributed by atoms with van der Waals surface area (Å²) in [6, 6.07) is 8.33. The van der Waals surface area contributed by atoms with Crippen LogP contribution in [-0.2, 0) is 22.7 Å². The molecule has 1 aromatic carbocycles. The van der Waals surface area contributed by atoms with Crippen molar-refractivity contribution in [2.75, 3.05) is 26.2 Å². The van der Waals surface area contributed by atoms with Crippen LogP contribution in [0.5, 0.6) is 0 Å². The van der Waals surface area contributed by atoms with E-state index in [1.807, 2.05) is 11.0 Å². The molecule has 2 aliphatic heterocycles. The van der Waals surface area contributed by atoms with Gasteiger partial charge in [0.2, 0.25) is 11.8 Å². The van der Waals surface area contributed by atoms with Gasteiger partial charge in [-0.25, -0.2) is 4.99 Å². The predicted octanol–water partition coefficient (Wildman–Crippen LogP) is 1.86. The third kappa shape index (κ3) is 6.21. The fourth-order valence-corrected chi connectivity index (χ4v) is 4.22. The number of nitrogens with two attached hydrogens (primary N) is 1. The van der Waals surface area contributed by atoms with E-state index in [4.69, 9.17) is 10.7 Å². The van der Waals surface area contributed by atoms with Crippen LogP contribution in [0, 0.1) is 5.92 Å². The van der Waals surface area contributed by atoms with Gasteiger partial charge in [-0.2, -0.15) is 0 Å². The average molecular weight is 400 g/mol. The minimum absolute atomic E-state index is 0.230. The number of likely N-dealkylation sites (tertiary alicyclic amines) is 2. The fraction of sp³-hybridized carbons (Fsp3) is 0.591. The first kappa shape index (κ1) is 21.1. The first-order valence-corrected chi connectivity index (χ1v) is 10.7. The van der Waals surface area contributed by atoms with Crippen molar-refractivity contribution < 1.29 is 9.59 Å². The second-order valence-electron chi connectivity index (χ2n) is 8.03. The molecular formula is C22H33N5O2. The predicted molar refractivity (Wildman–Crippen MR) is 114 cm³/mol. The smallest absolute Gasteiger partial charge is 0.222 e. The molecule has 0 radical (unpaired) electrons. The minimum atomic E-state index is -0.230. The van der Waals surface area contributed by atoms with Crippen molar-refractivity contribution in [1.29, 1.82) is 0 Å². The van der Waals surface area contributed by atoms with Crippen LogP contribution in [0.15, 0.2) is 29.3 Å². The zero-order valence-corrected chi connectivity index (χ0v) is 17.4. The van der Waals surface area contributed by atoms with Crippen LogP contribution in [0.25, 0.3) is 0 Å². The summed E-state index contributed by atoms with van der Waals surface area (Å²) in [6.07, 6.45) is 4.15. The molecule has 1 unspecified atom stereocenters. The zero-order chi connectivity index (χ0) is 20.6. The van der Waals surface area contributed by atoms with E-state index >= 15 is 0 Å². The lowest BCUT2D eigenvalue weighted by molar-refractivity contribution is -0.128. The highest BCUT2D eigenvalue weighted by atomic mass is 16.2. The Morgan fingerprint density at radius 3 is 2.83 bits per heavy atom. The number of nitrogens with zero attached hydrogens (tertiary/aromatic N) is 3. The molecule has 158 valence electrons. The molecular weight excluding hydrogens is 366 g/mol. The van der Waals surface area contributed by atoms with Gasteiger partial charge in [0.1, 0.15) is 0 Å². The Balaban J connectivity index is 1.64. The number of rotatable bonds is 7. The summed E-state index contributed by atoms with van der Waals surface area (Å²) in [5.41, 5.74) is 7.68. The maximum absolute atomic E-state index is 11.9. The number of guanidine groups is 1. The van der Waals surface area contributed by atoms with E-state index in [1.54, 1.807) is 0 Å². The number of hydrogen-bond acceptors (Lipinski definition) is 3. The summed E-state index contributed by atoms with van der Waals surface area (Å²) in [5, 5.41) is 3.38. The van der Waals surface area contributed by atoms with Crippen molar-refractivity contribution in [3.63, 3.8) is 0 Å². The molecule has 0 aromatic heterocycles. The van der Waals surface area contributed by atoms with E-state index < -0.39 is 0 Å². The first-order chi connectivity index (χ1) is 14.0. The van der Waals surface area contributed by atoms with Crippen LogP contribution in [-0.4, -0.2) is 53.8 Å². The summed E-state index contributed by atoms with van der Waals surface area (Å²) >= 11 is 0. The highest BCUT2D eigenvalue weighted by Crippen LogP contribution is 2.20. The molecule has 0 spiro atoms. The number of nitrogens with one attached hydrogen (secondary N) is 1. The Kier molecular flexibility index (Phi) is 7.49. The number of hydrogen-bond donors (Lipinski definition) is 2. The third-order valence-electron chi connectivity index (χ3n) is 5.59. The molecule has 2 fully saturated rings. The Labute approximate surface area is 173 Å². The van der Waals surface area contributed by atoms with Gasteiger partial charge in [0, 0.05) is 45.6 Å². The van der Waals surface area contributed by atoms with E-state index in [2.05, 4.69) is 35.3 Å². The molecule has 2 aliphatic rings. The molecule has 0 bridgehead atoms. The monoisotopic (exact) mass is 399 g/mol. The first-order valence-electron chi connectivity index (χ1n) is 10.7. The van der Waals surface area contributed by atoms with Crippen molar-refractivity contribution in [2.24, 2.45) is 16.6 Å². The fourth-order valence-electron chi connectivity index (χ4n) is 4.22. The maximum atomic E-state index is 11.9. The molecule has 2 saturated heterocycles. The quantitative estimate of drug-likeness (QED) is 0.541. The van der Waals surface area contributed by atoms with E-state index in [1.165, 1.54) is 0 Å². The summed E-state index contributed by atoms with van der Waals surface area (Å²) in [6.45, 7) is 6.73. The van der Waals surface area contributed by atoms with Gasteiger partial charge in [-0.3, -0.25) is 9.59 Å². The molecule has 0 aliphatic carbocycles. The number of carbonyl (C=O) groups is 2. The molecule has 0 saturated carbocycles. The van der Waals surface area contributed by atoms with Gasteiger partial charge in [-0.05, 0) is 43.2 Å². The third-order valence-corrected chi connectivity index (χ3v) is 5.59. The van der Waals surface area contributed by atoms with Gasteiger partial charge in [-0.15, -0.1) is 0 Å². The van der Waals surface area contributed by atoms with Crippen LogP contribution >= 0.6 is 0 Å². The van der Waals surface area contributed by atoms with E-state index in [-0.39, 0.29) is 11.8 Å². The molecule has 3 N–H and O–H groups in total. The van der Waals surface area contributed by atoms with Gasteiger partial charge in [0.25, 0.3) is 0 Å². The largest absolute Gasteiger partial charge is 0.370 e. The lowest BCUT2D eigenvalue weighted by Crippen LogP contribution is -2.47. The Bertz CT molecular complexity index is 748. The number of primary amides is 1. The standard InChI is InChI=1S/C22H33N5O2/c1-2-24-22(27-11-4-8-19(16-27)13-20(23)28)25-14-17-6-3-7-18(12-17)15-26-10-5-9-21(26)29/h3,6-7,12,19H,2,4-5,8-11,13-16H2,1H3,(H2,23,28)(H,24,25). The van der Waals surface area contributed by atoms with E-state index in [0.29, 0.717) is 31.8 Å². The average Bonchev–Trinajstić information content (AvgIpc) is 3.09. The maximum Gasteiger partial charge on any atom is 0.222 e. The SMILES string of the molecule is CCNC(=NCc1cccc(CN2CCCC2=O)c1)N1CCCC(CC(N)=O)C1. The summed E-state index contributed by atoms with van der Waals surface area (Å²) in [4.78, 5) is 32.2. The van der Waals surface area contributed by atoms with Crippen molar-refractivity contribution >= 4 is 17.8 Å². The van der Waals surface area contributed by atoms with E-state index in [0.717, 1.165) is 62.5 Å². The van der Waals surface area contributed by atoms with Crippen molar-refractivity contribution in [2.45, 2.75) is 52.1 Å². The lowest BCUT2D eigenvalue weighted by Gasteiger charge is -2.34. The van der Waals surface area contributed by atoms with E-state index in [9.17, 15) is 9.59 Å². The van der Waals surface area contributed by atoms with Crippen molar-refractivity contribution in [3.8, 4) is 0 Å². The van der Waals surface area contributed by atoms with Crippen molar-refractivity contribution in [1.82, 2.24) is 15.1 Å². The van der Waals surface area contributed by atoms with Gasteiger partial charge >= 0.3 is 0 Å².